The maximum absolute atomic E-state index is 11.5. The van der Waals surface area contributed by atoms with Gasteiger partial charge in [0.2, 0.25) is 0 Å². The van der Waals surface area contributed by atoms with E-state index < -0.39 is 10.0 Å². The van der Waals surface area contributed by atoms with E-state index in [4.69, 9.17) is 5.53 Å². The lowest BCUT2D eigenvalue weighted by Crippen LogP contribution is -2.17. The zero-order chi connectivity index (χ0) is 15.1. The van der Waals surface area contributed by atoms with E-state index in [1.807, 2.05) is 5.01 Å². The molecule has 0 N–H and O–H groups in total. The van der Waals surface area contributed by atoms with Crippen molar-refractivity contribution in [1.82, 2.24) is 5.01 Å². The first-order chi connectivity index (χ1) is 10.1. The van der Waals surface area contributed by atoms with Crippen LogP contribution in [0.4, 0.5) is 5.69 Å². The second-order valence-electron chi connectivity index (χ2n) is 4.70. The van der Waals surface area contributed by atoms with Crippen LogP contribution in [0.15, 0.2) is 44.0 Å². The average molecular weight is 308 g/mol. The Morgan fingerprint density at radius 2 is 1.67 bits per heavy atom. The molecule has 0 aliphatic carbocycles. The molecule has 112 valence electrons. The predicted molar refractivity (Wildman–Crippen MR) is 77.3 cm³/mol. The van der Waals surface area contributed by atoms with E-state index >= 15 is 0 Å². The van der Waals surface area contributed by atoms with Crippen LogP contribution >= 0.6 is 0 Å². The fourth-order valence-electron chi connectivity index (χ4n) is 2.04. The molecule has 1 aliphatic heterocycles. The van der Waals surface area contributed by atoms with Crippen LogP contribution in [-0.2, 0) is 10.0 Å². The molecule has 21 heavy (non-hydrogen) atoms. The average Bonchev–Trinajstić information content (AvgIpc) is 2.74. The smallest absolute Gasteiger partial charge is 0.264 e. The Morgan fingerprint density at radius 1 is 1.05 bits per heavy atom. The number of rotatable bonds is 4. The maximum atomic E-state index is 11.5. The van der Waals surface area contributed by atoms with Crippen LogP contribution in [0.2, 0.25) is 0 Å². The molecule has 1 fully saturated rings. The van der Waals surface area contributed by atoms with Crippen LogP contribution in [0, 0.1) is 0 Å². The Bertz CT molecular complexity index is 641. The van der Waals surface area contributed by atoms with Crippen molar-refractivity contribution in [1.29, 1.82) is 0 Å². The third-order valence-electron chi connectivity index (χ3n) is 3.15. The van der Waals surface area contributed by atoms with Gasteiger partial charge in [-0.1, -0.05) is 18.1 Å². The minimum absolute atomic E-state index is 0.0611. The highest BCUT2D eigenvalue weighted by Crippen LogP contribution is 2.19. The van der Waals surface area contributed by atoms with Gasteiger partial charge in [0.25, 0.3) is 10.0 Å². The molecule has 0 saturated carbocycles. The first-order valence-electron chi connectivity index (χ1n) is 6.70. The van der Waals surface area contributed by atoms with E-state index in [0.29, 0.717) is 5.69 Å². The van der Waals surface area contributed by atoms with E-state index in [9.17, 15) is 8.42 Å². The van der Waals surface area contributed by atoms with Gasteiger partial charge in [0.15, 0.2) is 0 Å². The molecule has 1 aromatic rings. The van der Waals surface area contributed by atoms with Crippen molar-refractivity contribution in [3.05, 3.63) is 34.7 Å². The van der Waals surface area contributed by atoms with Crippen LogP contribution in [-0.4, -0.2) is 26.5 Å². The third kappa shape index (κ3) is 4.44. The Labute approximate surface area is 123 Å². The van der Waals surface area contributed by atoms with Gasteiger partial charge in [-0.3, -0.25) is 5.01 Å². The number of hydrogen-bond acceptors (Lipinski definition) is 4. The number of benzene rings is 1. The summed E-state index contributed by atoms with van der Waals surface area (Å²) in [4.78, 5) is 2.24. The standard InChI is InChI=1S/C12H16N6O2S/c13-15-17-21(19,20)12-7-5-11(6-8-12)14-16-18-9-3-1-2-4-10-18/h5-8H,1-4,9-10H2. The SMILES string of the molecule is [N-]=[N+]=NS(=O)(=O)c1ccc(N=NN2CCCCCC2)cc1. The monoisotopic (exact) mass is 308 g/mol. The molecular weight excluding hydrogens is 292 g/mol. The van der Waals surface area contributed by atoms with Gasteiger partial charge in [-0.2, -0.15) is 0 Å². The zero-order valence-corrected chi connectivity index (χ0v) is 12.3. The van der Waals surface area contributed by atoms with Crippen molar-refractivity contribution in [3.63, 3.8) is 0 Å². The third-order valence-corrected chi connectivity index (χ3v) is 4.30. The molecule has 1 aromatic carbocycles. The van der Waals surface area contributed by atoms with E-state index in [-0.39, 0.29) is 4.90 Å². The van der Waals surface area contributed by atoms with E-state index in [2.05, 4.69) is 19.8 Å². The van der Waals surface area contributed by atoms with Gasteiger partial charge < -0.3 is 0 Å². The summed E-state index contributed by atoms with van der Waals surface area (Å²) in [5, 5.41) is 10.2. The molecule has 0 unspecified atom stereocenters. The van der Waals surface area contributed by atoms with E-state index in [1.54, 1.807) is 0 Å². The van der Waals surface area contributed by atoms with Crippen LogP contribution in [0.3, 0.4) is 0 Å². The summed E-state index contributed by atoms with van der Waals surface area (Å²) < 4.78 is 25.8. The Hall–Kier alpha value is -2.12. The summed E-state index contributed by atoms with van der Waals surface area (Å²) in [6.07, 6.45) is 4.67. The molecule has 0 spiro atoms. The lowest BCUT2D eigenvalue weighted by atomic mass is 10.2. The molecule has 0 bridgehead atoms. The fourth-order valence-corrected chi connectivity index (χ4v) is 2.71. The summed E-state index contributed by atoms with van der Waals surface area (Å²) >= 11 is 0. The minimum Gasteiger partial charge on any atom is -0.278 e. The van der Waals surface area contributed by atoms with Crippen LogP contribution < -0.4 is 0 Å². The topological polar surface area (TPSA) is 111 Å². The number of azide groups is 1. The second-order valence-corrected chi connectivity index (χ2v) is 6.28. The quantitative estimate of drug-likeness (QED) is 0.481. The molecule has 0 radical (unpaired) electrons. The van der Waals surface area contributed by atoms with Crippen molar-refractivity contribution in [2.24, 2.45) is 14.9 Å². The van der Waals surface area contributed by atoms with E-state index in [0.717, 1.165) is 25.9 Å². The highest BCUT2D eigenvalue weighted by molar-refractivity contribution is 7.90. The Morgan fingerprint density at radius 3 is 2.24 bits per heavy atom. The summed E-state index contributed by atoms with van der Waals surface area (Å²) in [5.41, 5.74) is 8.76. The highest BCUT2D eigenvalue weighted by atomic mass is 32.2. The lowest BCUT2D eigenvalue weighted by Gasteiger charge is -2.13. The summed E-state index contributed by atoms with van der Waals surface area (Å²) in [5.74, 6) is 0. The van der Waals surface area contributed by atoms with Gasteiger partial charge in [-0.25, -0.2) is 8.42 Å². The van der Waals surface area contributed by atoms with Crippen molar-refractivity contribution < 1.29 is 8.42 Å². The van der Waals surface area contributed by atoms with Crippen molar-refractivity contribution in [3.8, 4) is 0 Å². The molecule has 8 nitrogen and oxygen atoms in total. The Balaban J connectivity index is 2.07. The number of hydrogen-bond donors (Lipinski definition) is 0. The van der Waals surface area contributed by atoms with Crippen molar-refractivity contribution in [2.45, 2.75) is 30.6 Å². The van der Waals surface area contributed by atoms with Crippen molar-refractivity contribution >= 4 is 15.7 Å². The largest absolute Gasteiger partial charge is 0.278 e. The van der Waals surface area contributed by atoms with E-state index in [1.165, 1.54) is 37.1 Å². The molecule has 1 aliphatic rings. The summed E-state index contributed by atoms with van der Waals surface area (Å²) in [6, 6.07) is 5.75. The maximum Gasteiger partial charge on any atom is 0.264 e. The van der Waals surface area contributed by atoms with Gasteiger partial charge in [-0.15, -0.1) is 5.11 Å². The molecule has 1 saturated heterocycles. The molecule has 0 amide bonds. The van der Waals surface area contributed by atoms with Gasteiger partial charge >= 0.3 is 0 Å². The molecular formula is C12H16N6O2S. The Kier molecular flexibility index (Phi) is 5.13. The molecule has 2 rings (SSSR count). The lowest BCUT2D eigenvalue weighted by molar-refractivity contribution is 0.281. The summed E-state index contributed by atoms with van der Waals surface area (Å²) in [7, 11) is -3.94. The molecule has 9 heteroatoms. The van der Waals surface area contributed by atoms with Gasteiger partial charge in [-0.05, 0) is 42.6 Å². The number of sulfonamides is 1. The summed E-state index contributed by atoms with van der Waals surface area (Å²) in [6.45, 7) is 1.79. The fraction of sp³-hybridized carbons (Fsp3) is 0.500. The zero-order valence-electron chi connectivity index (χ0n) is 11.5. The van der Waals surface area contributed by atoms with Crippen molar-refractivity contribution in [2.75, 3.05) is 13.1 Å². The first kappa shape index (κ1) is 15.3. The van der Waals surface area contributed by atoms with Crippen LogP contribution in [0.1, 0.15) is 25.7 Å². The van der Waals surface area contributed by atoms with Gasteiger partial charge in [0.1, 0.15) is 0 Å². The van der Waals surface area contributed by atoms with Crippen LogP contribution in [0.5, 0.6) is 0 Å². The van der Waals surface area contributed by atoms with Crippen LogP contribution in [0.25, 0.3) is 10.4 Å². The molecule has 1 heterocycles. The highest BCUT2D eigenvalue weighted by Gasteiger charge is 2.11. The first-order valence-corrected chi connectivity index (χ1v) is 8.14. The van der Waals surface area contributed by atoms with Gasteiger partial charge in [0, 0.05) is 22.5 Å². The van der Waals surface area contributed by atoms with Gasteiger partial charge in [0.05, 0.1) is 10.6 Å². The minimum atomic E-state index is -3.94. The number of nitrogens with zero attached hydrogens (tertiary/aromatic N) is 6. The molecule has 0 aromatic heterocycles. The predicted octanol–water partition coefficient (Wildman–Crippen LogP) is 3.56. The second kappa shape index (κ2) is 7.05. The normalized spacial score (nSPS) is 16.5. The molecule has 0 atom stereocenters.